The highest BCUT2D eigenvalue weighted by Crippen LogP contribution is 2.04. The predicted octanol–water partition coefficient (Wildman–Crippen LogP) is 2.12. The van der Waals surface area contributed by atoms with Gasteiger partial charge < -0.3 is 10.6 Å². The number of nitrogens with one attached hydrogen (secondary N) is 4. The van der Waals surface area contributed by atoms with Gasteiger partial charge in [0.15, 0.2) is 0 Å². The van der Waals surface area contributed by atoms with Crippen LogP contribution in [0.1, 0.15) is 11.4 Å². The molecule has 18 heavy (non-hydrogen) atoms. The molecule has 0 bridgehead atoms. The van der Waals surface area contributed by atoms with E-state index in [4.69, 9.17) is 0 Å². The van der Waals surface area contributed by atoms with Gasteiger partial charge in [0.2, 0.25) is 0 Å². The lowest BCUT2D eigenvalue weighted by atomic mass is 10.4. The Hall–Kier alpha value is -1.40. The number of halogens is 2. The molecular weight excluding hydrogens is 275 g/mol. The van der Waals surface area contributed by atoms with E-state index >= 15 is 0 Å². The summed E-state index contributed by atoms with van der Waals surface area (Å²) in [5.74, 6) is 1.75. The molecule has 102 valence electrons. The lowest BCUT2D eigenvalue weighted by Gasteiger charge is -2.03. The second kappa shape index (κ2) is 7.84. The highest BCUT2D eigenvalue weighted by atomic mass is 35.5. The minimum Gasteiger partial charge on any atom is -0.367 e. The molecule has 0 aliphatic heterocycles. The maximum atomic E-state index is 4.08. The minimum atomic E-state index is 0. The van der Waals surface area contributed by atoms with Gasteiger partial charge in [-0.3, -0.25) is 10.2 Å². The van der Waals surface area contributed by atoms with Gasteiger partial charge in [0.1, 0.15) is 11.6 Å². The average Bonchev–Trinajstić information content (AvgIpc) is 2.83. The third kappa shape index (κ3) is 4.85. The van der Waals surface area contributed by atoms with E-state index in [-0.39, 0.29) is 24.8 Å². The van der Waals surface area contributed by atoms with Crippen LogP contribution >= 0.6 is 24.8 Å². The molecule has 0 aliphatic carbocycles. The largest absolute Gasteiger partial charge is 0.367 e. The van der Waals surface area contributed by atoms with Gasteiger partial charge in [0.05, 0.1) is 0 Å². The van der Waals surface area contributed by atoms with Crippen molar-refractivity contribution in [3.63, 3.8) is 0 Å². The Morgan fingerprint density at radius 2 is 1.28 bits per heavy atom. The summed E-state index contributed by atoms with van der Waals surface area (Å²) in [5.41, 5.74) is 2.11. The number of aromatic amines is 2. The fourth-order valence-electron chi connectivity index (χ4n) is 1.40. The number of H-pyrrole nitrogens is 2. The summed E-state index contributed by atoms with van der Waals surface area (Å²) < 4.78 is 0. The predicted molar refractivity (Wildman–Crippen MR) is 78.1 cm³/mol. The number of hydrogen-bond donors (Lipinski definition) is 4. The quantitative estimate of drug-likeness (QED) is 0.636. The summed E-state index contributed by atoms with van der Waals surface area (Å²) >= 11 is 0. The summed E-state index contributed by atoms with van der Waals surface area (Å²) in [6, 6.07) is 3.94. The van der Waals surface area contributed by atoms with Crippen LogP contribution in [0.4, 0.5) is 11.6 Å². The van der Waals surface area contributed by atoms with Gasteiger partial charge in [-0.1, -0.05) is 0 Å². The Kier molecular flexibility index (Phi) is 7.23. The molecular formula is C10H18Cl2N6. The number of aryl methyl sites for hydroxylation is 2. The number of rotatable bonds is 5. The van der Waals surface area contributed by atoms with Gasteiger partial charge in [-0.15, -0.1) is 24.8 Å². The first-order valence-electron chi connectivity index (χ1n) is 5.26. The van der Waals surface area contributed by atoms with Crippen molar-refractivity contribution in [2.24, 2.45) is 0 Å². The molecule has 0 radical (unpaired) electrons. The SMILES string of the molecule is Cc1cc(NCCNc2cc(C)[nH]n2)n[nH]1.Cl.Cl. The van der Waals surface area contributed by atoms with Crippen LogP contribution in [0, 0.1) is 13.8 Å². The summed E-state index contributed by atoms with van der Waals surface area (Å²) in [6.07, 6.45) is 0. The van der Waals surface area contributed by atoms with Crippen molar-refractivity contribution in [1.82, 2.24) is 20.4 Å². The molecule has 0 aliphatic rings. The van der Waals surface area contributed by atoms with Crippen molar-refractivity contribution >= 4 is 36.4 Å². The summed E-state index contributed by atoms with van der Waals surface area (Å²) in [4.78, 5) is 0. The molecule has 0 amide bonds. The van der Waals surface area contributed by atoms with Crippen molar-refractivity contribution < 1.29 is 0 Å². The molecule has 0 unspecified atom stereocenters. The molecule has 2 aromatic rings. The monoisotopic (exact) mass is 292 g/mol. The fraction of sp³-hybridized carbons (Fsp3) is 0.400. The van der Waals surface area contributed by atoms with Gasteiger partial charge in [0.25, 0.3) is 0 Å². The molecule has 6 nitrogen and oxygen atoms in total. The van der Waals surface area contributed by atoms with Crippen LogP contribution in [-0.2, 0) is 0 Å². The standard InChI is InChI=1S/C10H16N6.2ClH/c1-7-5-9(15-13-7)11-3-4-12-10-6-8(2)14-16-10;;/h5-6H,3-4H2,1-2H3,(H2,11,13,15)(H2,12,14,16);2*1H. The van der Waals surface area contributed by atoms with E-state index in [1.54, 1.807) is 0 Å². The first kappa shape index (κ1) is 16.6. The topological polar surface area (TPSA) is 81.4 Å². The molecule has 2 aromatic heterocycles. The third-order valence-corrected chi connectivity index (χ3v) is 2.15. The number of aromatic nitrogens is 4. The zero-order valence-corrected chi connectivity index (χ0v) is 11.9. The van der Waals surface area contributed by atoms with Crippen LogP contribution in [0.5, 0.6) is 0 Å². The van der Waals surface area contributed by atoms with E-state index in [0.29, 0.717) is 0 Å². The zero-order chi connectivity index (χ0) is 11.4. The van der Waals surface area contributed by atoms with Gasteiger partial charge in [0, 0.05) is 36.6 Å². The first-order chi connectivity index (χ1) is 7.74. The van der Waals surface area contributed by atoms with Crippen LogP contribution < -0.4 is 10.6 Å². The molecule has 0 aromatic carbocycles. The van der Waals surface area contributed by atoms with Crippen LogP contribution in [0.15, 0.2) is 12.1 Å². The van der Waals surface area contributed by atoms with Crippen molar-refractivity contribution in [3.8, 4) is 0 Å². The second-order valence-corrected chi connectivity index (χ2v) is 3.73. The maximum Gasteiger partial charge on any atom is 0.148 e. The Bertz CT molecular complexity index is 410. The van der Waals surface area contributed by atoms with Gasteiger partial charge >= 0.3 is 0 Å². The normalized spacial score (nSPS) is 9.22. The average molecular weight is 293 g/mol. The summed E-state index contributed by atoms with van der Waals surface area (Å²) in [7, 11) is 0. The fourth-order valence-corrected chi connectivity index (χ4v) is 1.40. The Morgan fingerprint density at radius 3 is 1.56 bits per heavy atom. The van der Waals surface area contributed by atoms with Gasteiger partial charge in [-0.2, -0.15) is 10.2 Å². The van der Waals surface area contributed by atoms with E-state index < -0.39 is 0 Å². The van der Waals surface area contributed by atoms with Crippen molar-refractivity contribution in [2.45, 2.75) is 13.8 Å². The van der Waals surface area contributed by atoms with E-state index in [1.165, 1.54) is 0 Å². The molecule has 0 saturated carbocycles. The lowest BCUT2D eigenvalue weighted by Crippen LogP contribution is -2.13. The van der Waals surface area contributed by atoms with E-state index in [9.17, 15) is 0 Å². The maximum absolute atomic E-state index is 4.08. The molecule has 2 heterocycles. The van der Waals surface area contributed by atoms with Crippen LogP contribution in [-0.4, -0.2) is 33.5 Å². The molecule has 2 rings (SSSR count). The van der Waals surface area contributed by atoms with E-state index in [2.05, 4.69) is 31.0 Å². The molecule has 0 saturated heterocycles. The van der Waals surface area contributed by atoms with Gasteiger partial charge in [-0.25, -0.2) is 0 Å². The summed E-state index contributed by atoms with van der Waals surface area (Å²) in [6.45, 7) is 5.55. The second-order valence-electron chi connectivity index (χ2n) is 3.73. The van der Waals surface area contributed by atoms with E-state index in [0.717, 1.165) is 36.1 Å². The number of anilines is 2. The summed E-state index contributed by atoms with van der Waals surface area (Å²) in [5, 5.41) is 20.3. The highest BCUT2D eigenvalue weighted by molar-refractivity contribution is 5.85. The molecule has 8 heteroatoms. The minimum absolute atomic E-state index is 0. The molecule has 0 fully saturated rings. The van der Waals surface area contributed by atoms with Crippen molar-refractivity contribution in [1.29, 1.82) is 0 Å². The lowest BCUT2D eigenvalue weighted by molar-refractivity contribution is 0.996. The third-order valence-electron chi connectivity index (χ3n) is 2.15. The van der Waals surface area contributed by atoms with Crippen molar-refractivity contribution in [2.75, 3.05) is 23.7 Å². The highest BCUT2D eigenvalue weighted by Gasteiger charge is 1.97. The molecule has 0 spiro atoms. The van der Waals surface area contributed by atoms with E-state index in [1.807, 2.05) is 26.0 Å². The zero-order valence-electron chi connectivity index (χ0n) is 10.3. The Morgan fingerprint density at radius 1 is 0.889 bits per heavy atom. The Labute approximate surface area is 118 Å². The van der Waals surface area contributed by atoms with Crippen LogP contribution in [0.25, 0.3) is 0 Å². The first-order valence-corrected chi connectivity index (χ1v) is 5.26. The van der Waals surface area contributed by atoms with Crippen LogP contribution in [0.2, 0.25) is 0 Å². The molecule has 4 N–H and O–H groups in total. The Balaban J connectivity index is 0.00000144. The number of hydrogen-bond acceptors (Lipinski definition) is 4. The molecule has 0 atom stereocenters. The number of nitrogens with zero attached hydrogens (tertiary/aromatic N) is 2. The van der Waals surface area contributed by atoms with Crippen molar-refractivity contribution in [3.05, 3.63) is 23.5 Å². The smallest absolute Gasteiger partial charge is 0.148 e. The van der Waals surface area contributed by atoms with Crippen LogP contribution in [0.3, 0.4) is 0 Å². The van der Waals surface area contributed by atoms with Gasteiger partial charge in [-0.05, 0) is 13.8 Å².